The van der Waals surface area contributed by atoms with Gasteiger partial charge in [-0.05, 0) is 79.9 Å². The molecule has 1 amide bonds. The molecule has 0 spiro atoms. The van der Waals surface area contributed by atoms with Gasteiger partial charge in [0.2, 0.25) is 0 Å². The highest BCUT2D eigenvalue weighted by atomic mass is 32.2. The number of carbonyl (C=O) groups excluding carboxylic acids is 1. The van der Waals surface area contributed by atoms with Crippen molar-refractivity contribution in [2.24, 2.45) is 0 Å². The molecule has 150 valence electrons. The van der Waals surface area contributed by atoms with E-state index in [4.69, 9.17) is 0 Å². The van der Waals surface area contributed by atoms with Gasteiger partial charge in [-0.25, -0.2) is 12.8 Å². The van der Waals surface area contributed by atoms with Crippen LogP contribution in [-0.2, 0) is 10.0 Å². The van der Waals surface area contributed by atoms with Crippen LogP contribution in [0.1, 0.15) is 27.0 Å². The number of anilines is 2. The highest BCUT2D eigenvalue weighted by Crippen LogP contribution is 2.22. The third-order valence-corrected chi connectivity index (χ3v) is 5.93. The standard InChI is InChI=1S/C22H21FN2O3S/c1-14-5-11-20(19(23)12-14)24-22(26)17-7-9-18(10-8-17)25-29(27,28)21-13-15(2)4-6-16(21)3/h4-13,25H,1-3H3,(H,24,26). The van der Waals surface area contributed by atoms with Crippen molar-refractivity contribution in [1.82, 2.24) is 0 Å². The summed E-state index contributed by atoms with van der Waals surface area (Å²) >= 11 is 0. The average molecular weight is 412 g/mol. The predicted octanol–water partition coefficient (Wildman–Crippen LogP) is 4.80. The molecular weight excluding hydrogens is 391 g/mol. The van der Waals surface area contributed by atoms with Crippen LogP contribution in [0.15, 0.2) is 65.6 Å². The molecule has 7 heteroatoms. The van der Waals surface area contributed by atoms with E-state index in [0.29, 0.717) is 11.3 Å². The van der Waals surface area contributed by atoms with Gasteiger partial charge in [-0.2, -0.15) is 0 Å². The molecule has 0 fully saturated rings. The molecule has 0 saturated heterocycles. The number of sulfonamides is 1. The molecule has 0 atom stereocenters. The number of rotatable bonds is 5. The van der Waals surface area contributed by atoms with Gasteiger partial charge in [-0.1, -0.05) is 18.2 Å². The van der Waals surface area contributed by atoms with Crippen molar-refractivity contribution < 1.29 is 17.6 Å². The van der Waals surface area contributed by atoms with Gasteiger partial charge in [0, 0.05) is 11.3 Å². The SMILES string of the molecule is Cc1ccc(NC(=O)c2ccc(NS(=O)(=O)c3cc(C)ccc3C)cc2)c(F)c1. The Balaban J connectivity index is 1.76. The molecule has 0 aliphatic rings. The molecule has 5 nitrogen and oxygen atoms in total. The number of hydrogen-bond acceptors (Lipinski definition) is 3. The molecule has 0 bridgehead atoms. The van der Waals surface area contributed by atoms with Crippen molar-refractivity contribution in [3.8, 4) is 0 Å². The van der Waals surface area contributed by atoms with Gasteiger partial charge in [0.1, 0.15) is 5.82 Å². The zero-order valence-electron chi connectivity index (χ0n) is 16.3. The Labute approximate surface area is 169 Å². The van der Waals surface area contributed by atoms with Crippen LogP contribution in [0.2, 0.25) is 0 Å². The van der Waals surface area contributed by atoms with Crippen LogP contribution in [0.3, 0.4) is 0 Å². The van der Waals surface area contributed by atoms with Gasteiger partial charge in [-0.15, -0.1) is 0 Å². The lowest BCUT2D eigenvalue weighted by Gasteiger charge is -2.12. The second-order valence-corrected chi connectivity index (χ2v) is 8.54. The lowest BCUT2D eigenvalue weighted by atomic mass is 10.1. The molecule has 0 heterocycles. The van der Waals surface area contributed by atoms with Crippen LogP contribution in [0.5, 0.6) is 0 Å². The van der Waals surface area contributed by atoms with Crippen molar-refractivity contribution >= 4 is 27.3 Å². The van der Waals surface area contributed by atoms with E-state index in [2.05, 4.69) is 10.0 Å². The Morgan fingerprint density at radius 1 is 0.862 bits per heavy atom. The van der Waals surface area contributed by atoms with E-state index in [1.165, 1.54) is 36.4 Å². The Morgan fingerprint density at radius 2 is 1.48 bits per heavy atom. The molecule has 3 aromatic rings. The fourth-order valence-corrected chi connectivity index (χ4v) is 4.20. The second kappa shape index (κ2) is 8.05. The first-order valence-electron chi connectivity index (χ1n) is 8.93. The van der Waals surface area contributed by atoms with Gasteiger partial charge in [0.05, 0.1) is 10.6 Å². The average Bonchev–Trinajstić information content (AvgIpc) is 2.66. The lowest BCUT2D eigenvalue weighted by Crippen LogP contribution is -2.15. The predicted molar refractivity (Wildman–Crippen MR) is 112 cm³/mol. The van der Waals surface area contributed by atoms with Crippen molar-refractivity contribution in [3.05, 3.63) is 88.7 Å². The van der Waals surface area contributed by atoms with Gasteiger partial charge in [-0.3, -0.25) is 9.52 Å². The van der Waals surface area contributed by atoms with Crippen molar-refractivity contribution in [2.45, 2.75) is 25.7 Å². The van der Waals surface area contributed by atoms with Gasteiger partial charge < -0.3 is 5.32 Å². The summed E-state index contributed by atoms with van der Waals surface area (Å²) in [5.41, 5.74) is 2.91. The van der Waals surface area contributed by atoms with Crippen LogP contribution in [0.25, 0.3) is 0 Å². The number of nitrogens with one attached hydrogen (secondary N) is 2. The Bertz CT molecular complexity index is 1170. The zero-order chi connectivity index (χ0) is 21.2. The largest absolute Gasteiger partial charge is 0.319 e. The molecule has 0 radical (unpaired) electrons. The van der Waals surface area contributed by atoms with Crippen molar-refractivity contribution in [2.75, 3.05) is 10.0 Å². The van der Waals surface area contributed by atoms with Crippen LogP contribution >= 0.6 is 0 Å². The molecule has 0 aliphatic carbocycles. The lowest BCUT2D eigenvalue weighted by molar-refractivity contribution is 0.102. The third-order valence-electron chi connectivity index (χ3n) is 4.41. The van der Waals surface area contributed by atoms with E-state index in [-0.39, 0.29) is 16.1 Å². The second-order valence-electron chi connectivity index (χ2n) is 6.89. The number of hydrogen-bond donors (Lipinski definition) is 2. The minimum absolute atomic E-state index is 0.0836. The number of benzene rings is 3. The van der Waals surface area contributed by atoms with Crippen LogP contribution in [0, 0.1) is 26.6 Å². The van der Waals surface area contributed by atoms with E-state index in [1.54, 1.807) is 32.0 Å². The summed E-state index contributed by atoms with van der Waals surface area (Å²) in [6.45, 7) is 5.31. The normalized spacial score (nSPS) is 11.2. The van der Waals surface area contributed by atoms with Crippen LogP contribution < -0.4 is 10.0 Å². The molecule has 3 rings (SSSR count). The Kier molecular flexibility index (Phi) is 5.70. The molecular formula is C22H21FN2O3S. The molecule has 0 unspecified atom stereocenters. The maximum absolute atomic E-state index is 13.9. The summed E-state index contributed by atoms with van der Waals surface area (Å²) in [4.78, 5) is 12.5. The van der Waals surface area contributed by atoms with Crippen LogP contribution in [0.4, 0.5) is 15.8 Å². The first-order valence-corrected chi connectivity index (χ1v) is 10.4. The highest BCUT2D eigenvalue weighted by Gasteiger charge is 2.17. The summed E-state index contributed by atoms with van der Waals surface area (Å²) in [7, 11) is -3.76. The van der Waals surface area contributed by atoms with Gasteiger partial charge >= 0.3 is 0 Å². The quantitative estimate of drug-likeness (QED) is 0.632. The number of halogens is 1. The Morgan fingerprint density at radius 3 is 2.14 bits per heavy atom. The number of amides is 1. The summed E-state index contributed by atoms with van der Waals surface area (Å²) in [6, 6.07) is 15.7. The first-order chi connectivity index (χ1) is 13.7. The summed E-state index contributed by atoms with van der Waals surface area (Å²) in [5.74, 6) is -1.01. The summed E-state index contributed by atoms with van der Waals surface area (Å²) in [5, 5.41) is 2.51. The minimum Gasteiger partial charge on any atom is -0.319 e. The summed E-state index contributed by atoms with van der Waals surface area (Å²) < 4.78 is 41.8. The van der Waals surface area contributed by atoms with Crippen molar-refractivity contribution in [3.63, 3.8) is 0 Å². The van der Waals surface area contributed by atoms with E-state index in [1.807, 2.05) is 13.0 Å². The molecule has 0 aromatic heterocycles. The maximum Gasteiger partial charge on any atom is 0.262 e. The fraction of sp³-hybridized carbons (Fsp3) is 0.136. The monoisotopic (exact) mass is 412 g/mol. The zero-order valence-corrected chi connectivity index (χ0v) is 17.1. The van der Waals surface area contributed by atoms with Crippen molar-refractivity contribution in [1.29, 1.82) is 0 Å². The van der Waals surface area contributed by atoms with E-state index in [9.17, 15) is 17.6 Å². The number of aryl methyl sites for hydroxylation is 3. The molecule has 3 aromatic carbocycles. The first kappa shape index (κ1) is 20.5. The van der Waals surface area contributed by atoms with Crippen LogP contribution in [-0.4, -0.2) is 14.3 Å². The highest BCUT2D eigenvalue weighted by molar-refractivity contribution is 7.92. The topological polar surface area (TPSA) is 75.3 Å². The Hall–Kier alpha value is -3.19. The maximum atomic E-state index is 13.9. The number of carbonyl (C=O) groups is 1. The van der Waals surface area contributed by atoms with E-state index >= 15 is 0 Å². The van der Waals surface area contributed by atoms with Gasteiger partial charge in [0.15, 0.2) is 0 Å². The third kappa shape index (κ3) is 4.81. The summed E-state index contributed by atoms with van der Waals surface area (Å²) in [6.07, 6.45) is 0. The molecule has 0 aliphatic heterocycles. The van der Waals surface area contributed by atoms with Gasteiger partial charge in [0.25, 0.3) is 15.9 Å². The molecule has 29 heavy (non-hydrogen) atoms. The van der Waals surface area contributed by atoms with E-state index < -0.39 is 21.7 Å². The molecule has 2 N–H and O–H groups in total. The minimum atomic E-state index is -3.76. The van der Waals surface area contributed by atoms with E-state index in [0.717, 1.165) is 11.1 Å². The fourth-order valence-electron chi connectivity index (χ4n) is 2.81. The molecule has 0 saturated carbocycles. The smallest absolute Gasteiger partial charge is 0.262 e.